The minimum Gasteiger partial charge on any atom is -0.469 e. The normalized spacial score (nSPS) is 10.1. The Labute approximate surface area is 105 Å². The largest absolute Gasteiger partial charge is 0.469 e. The monoisotopic (exact) mass is 255 g/mol. The number of amides is 1. The zero-order valence-corrected chi connectivity index (χ0v) is 11.2. The van der Waals surface area contributed by atoms with Gasteiger partial charge >= 0.3 is 5.97 Å². The van der Waals surface area contributed by atoms with Gasteiger partial charge in [-0.2, -0.15) is 0 Å². The highest BCUT2D eigenvalue weighted by Crippen LogP contribution is 2.17. The molecule has 1 aromatic rings. The van der Waals surface area contributed by atoms with Crippen molar-refractivity contribution in [1.82, 2.24) is 4.90 Å². The van der Waals surface area contributed by atoms with Crippen LogP contribution in [0.4, 0.5) is 0 Å². The Morgan fingerprint density at radius 1 is 1.41 bits per heavy atom. The second-order valence-corrected chi connectivity index (χ2v) is 4.85. The number of hydrogen-bond acceptors (Lipinski definition) is 4. The molecule has 0 aliphatic carbocycles. The van der Waals surface area contributed by atoms with E-state index in [4.69, 9.17) is 0 Å². The number of hydrogen-bond donors (Lipinski definition) is 0. The maximum Gasteiger partial charge on any atom is 0.306 e. The molecule has 4 nitrogen and oxygen atoms in total. The molecule has 0 spiro atoms. The molecule has 0 aromatic carbocycles. The Kier molecular flexibility index (Phi) is 5.15. The van der Waals surface area contributed by atoms with E-state index in [1.165, 1.54) is 17.6 Å². The number of aryl methyl sites for hydroxylation is 1. The molecule has 0 aliphatic rings. The summed E-state index contributed by atoms with van der Waals surface area (Å²) in [5.41, 5.74) is 1.20. The molecular weight excluding hydrogens is 238 g/mol. The second-order valence-electron chi connectivity index (χ2n) is 3.85. The van der Waals surface area contributed by atoms with Gasteiger partial charge in [0.1, 0.15) is 0 Å². The van der Waals surface area contributed by atoms with Gasteiger partial charge < -0.3 is 9.64 Å². The summed E-state index contributed by atoms with van der Waals surface area (Å²) in [5, 5.41) is 2.01. The Morgan fingerprint density at radius 2 is 2.12 bits per heavy atom. The summed E-state index contributed by atoms with van der Waals surface area (Å²) in [5.74, 6) is -0.387. The van der Waals surface area contributed by atoms with Gasteiger partial charge in [0.15, 0.2) is 0 Å². The molecule has 1 heterocycles. The van der Waals surface area contributed by atoms with E-state index in [1.807, 2.05) is 18.4 Å². The Morgan fingerprint density at radius 3 is 2.65 bits per heavy atom. The molecule has 1 amide bonds. The quantitative estimate of drug-likeness (QED) is 0.756. The maximum absolute atomic E-state index is 11.7. The van der Waals surface area contributed by atoms with Crippen LogP contribution in [-0.4, -0.2) is 30.9 Å². The van der Waals surface area contributed by atoms with E-state index in [9.17, 15) is 9.59 Å². The highest BCUT2D eigenvalue weighted by Gasteiger charge is 2.13. The highest BCUT2D eigenvalue weighted by molar-refractivity contribution is 7.10. The van der Waals surface area contributed by atoms with Crippen molar-refractivity contribution in [2.24, 2.45) is 0 Å². The number of thiophene rings is 1. The molecule has 0 N–H and O–H groups in total. The molecule has 0 aliphatic heterocycles. The predicted molar refractivity (Wildman–Crippen MR) is 66.8 cm³/mol. The molecule has 0 fully saturated rings. The number of methoxy groups -OCH3 is 1. The molecule has 0 saturated carbocycles. The number of esters is 1. The van der Waals surface area contributed by atoms with Gasteiger partial charge in [0.25, 0.3) is 0 Å². The van der Waals surface area contributed by atoms with E-state index in [1.54, 1.807) is 23.3 Å². The van der Waals surface area contributed by atoms with Crippen molar-refractivity contribution in [2.75, 3.05) is 14.2 Å². The van der Waals surface area contributed by atoms with Crippen molar-refractivity contribution in [3.8, 4) is 0 Å². The van der Waals surface area contributed by atoms with Gasteiger partial charge in [0, 0.05) is 18.3 Å². The lowest BCUT2D eigenvalue weighted by Crippen LogP contribution is -2.26. The minimum atomic E-state index is -0.348. The van der Waals surface area contributed by atoms with Crippen LogP contribution in [0.25, 0.3) is 0 Å². The summed E-state index contributed by atoms with van der Waals surface area (Å²) in [4.78, 5) is 25.5. The summed E-state index contributed by atoms with van der Waals surface area (Å²) >= 11 is 1.64. The third kappa shape index (κ3) is 4.19. The summed E-state index contributed by atoms with van der Waals surface area (Å²) < 4.78 is 4.50. The van der Waals surface area contributed by atoms with Crippen LogP contribution >= 0.6 is 11.3 Å². The first-order valence-corrected chi connectivity index (χ1v) is 6.26. The average molecular weight is 255 g/mol. The molecule has 1 aromatic heterocycles. The Hall–Kier alpha value is -1.36. The van der Waals surface area contributed by atoms with E-state index in [0.29, 0.717) is 6.54 Å². The number of ether oxygens (including phenoxy) is 1. The summed E-state index contributed by atoms with van der Waals surface area (Å²) in [6.07, 6.45) is 0.344. The summed E-state index contributed by atoms with van der Waals surface area (Å²) in [6, 6.07) is 2.03. The van der Waals surface area contributed by atoms with Gasteiger partial charge in [-0.1, -0.05) is 0 Å². The standard InChI is InChI=1S/C12H17NO3S/c1-9-6-7-17-10(9)8-13(2)11(14)4-5-12(15)16-3/h6-7H,4-5,8H2,1-3H3. The molecule has 0 bridgehead atoms. The Bertz CT molecular complexity index is 400. The lowest BCUT2D eigenvalue weighted by Gasteiger charge is -2.16. The van der Waals surface area contributed by atoms with Crippen molar-refractivity contribution < 1.29 is 14.3 Å². The SMILES string of the molecule is COC(=O)CCC(=O)N(C)Cc1sccc1C. The third-order valence-corrected chi connectivity index (χ3v) is 3.55. The van der Waals surface area contributed by atoms with Crippen LogP contribution < -0.4 is 0 Å². The number of carbonyl (C=O) groups excluding carboxylic acids is 2. The molecule has 0 unspecified atom stereocenters. The van der Waals surface area contributed by atoms with E-state index in [0.717, 1.165) is 0 Å². The van der Waals surface area contributed by atoms with Crippen molar-refractivity contribution >= 4 is 23.2 Å². The molecular formula is C12H17NO3S. The van der Waals surface area contributed by atoms with E-state index < -0.39 is 0 Å². The lowest BCUT2D eigenvalue weighted by molar-refractivity contribution is -0.143. The molecule has 5 heteroatoms. The molecule has 94 valence electrons. The fraction of sp³-hybridized carbons (Fsp3) is 0.500. The minimum absolute atomic E-state index is 0.0387. The van der Waals surface area contributed by atoms with Crippen LogP contribution in [0.2, 0.25) is 0 Å². The van der Waals surface area contributed by atoms with Gasteiger partial charge in [0.2, 0.25) is 5.91 Å². The molecule has 17 heavy (non-hydrogen) atoms. The Balaban J connectivity index is 2.42. The lowest BCUT2D eigenvalue weighted by atomic mass is 10.2. The summed E-state index contributed by atoms with van der Waals surface area (Å²) in [6.45, 7) is 2.63. The molecule has 1 rings (SSSR count). The van der Waals surface area contributed by atoms with Gasteiger partial charge in [-0.3, -0.25) is 9.59 Å². The third-order valence-electron chi connectivity index (χ3n) is 2.55. The van der Waals surface area contributed by atoms with Crippen molar-refractivity contribution in [2.45, 2.75) is 26.3 Å². The first-order valence-electron chi connectivity index (χ1n) is 5.38. The van der Waals surface area contributed by atoms with Crippen LogP contribution in [0.1, 0.15) is 23.3 Å². The predicted octanol–water partition coefficient (Wildman–Crippen LogP) is 1.97. The molecule has 0 radical (unpaired) electrons. The van der Waals surface area contributed by atoms with E-state index >= 15 is 0 Å². The molecule has 0 atom stereocenters. The topological polar surface area (TPSA) is 46.6 Å². The van der Waals surface area contributed by atoms with Gasteiger partial charge in [0.05, 0.1) is 20.1 Å². The zero-order valence-electron chi connectivity index (χ0n) is 10.4. The van der Waals surface area contributed by atoms with Crippen LogP contribution in [0.5, 0.6) is 0 Å². The zero-order chi connectivity index (χ0) is 12.8. The average Bonchev–Trinajstić information content (AvgIpc) is 2.71. The fourth-order valence-corrected chi connectivity index (χ4v) is 2.33. The van der Waals surface area contributed by atoms with Crippen molar-refractivity contribution in [3.05, 3.63) is 21.9 Å². The van der Waals surface area contributed by atoms with Crippen molar-refractivity contribution in [1.29, 1.82) is 0 Å². The van der Waals surface area contributed by atoms with Gasteiger partial charge in [-0.05, 0) is 23.9 Å². The number of carbonyl (C=O) groups is 2. The first kappa shape index (κ1) is 13.7. The van der Waals surface area contributed by atoms with Crippen LogP contribution in [0, 0.1) is 6.92 Å². The number of rotatable bonds is 5. The van der Waals surface area contributed by atoms with Crippen LogP contribution in [-0.2, 0) is 20.9 Å². The number of nitrogens with zero attached hydrogens (tertiary/aromatic N) is 1. The van der Waals surface area contributed by atoms with Crippen LogP contribution in [0.15, 0.2) is 11.4 Å². The smallest absolute Gasteiger partial charge is 0.306 e. The maximum atomic E-state index is 11.7. The second kappa shape index (κ2) is 6.39. The summed E-state index contributed by atoms with van der Waals surface area (Å²) in [7, 11) is 3.07. The van der Waals surface area contributed by atoms with E-state index in [-0.39, 0.29) is 24.7 Å². The van der Waals surface area contributed by atoms with Crippen LogP contribution in [0.3, 0.4) is 0 Å². The van der Waals surface area contributed by atoms with E-state index in [2.05, 4.69) is 4.74 Å². The highest BCUT2D eigenvalue weighted by atomic mass is 32.1. The molecule has 0 saturated heterocycles. The first-order chi connectivity index (χ1) is 8.04. The van der Waals surface area contributed by atoms with Gasteiger partial charge in [-0.25, -0.2) is 0 Å². The van der Waals surface area contributed by atoms with Crippen molar-refractivity contribution in [3.63, 3.8) is 0 Å². The fourth-order valence-electron chi connectivity index (χ4n) is 1.37. The van der Waals surface area contributed by atoms with Gasteiger partial charge in [-0.15, -0.1) is 11.3 Å².